The van der Waals surface area contributed by atoms with Gasteiger partial charge in [0.25, 0.3) is 11.8 Å². The van der Waals surface area contributed by atoms with E-state index in [1.165, 1.54) is 10.5 Å². The maximum atomic E-state index is 13.0. The van der Waals surface area contributed by atoms with E-state index in [-0.39, 0.29) is 31.5 Å². The number of benzene rings is 2. The summed E-state index contributed by atoms with van der Waals surface area (Å²) in [6, 6.07) is 15.2. The van der Waals surface area contributed by atoms with Crippen molar-refractivity contribution in [2.45, 2.75) is 37.5 Å². The molecule has 2 fully saturated rings. The largest absolute Gasteiger partial charge is 0.484 e. The van der Waals surface area contributed by atoms with E-state index in [0.717, 1.165) is 18.4 Å². The smallest absolute Gasteiger partial charge is 0.260 e. The van der Waals surface area contributed by atoms with Gasteiger partial charge in [0.1, 0.15) is 5.75 Å². The Morgan fingerprint density at radius 1 is 0.970 bits per heavy atom. The van der Waals surface area contributed by atoms with Crippen LogP contribution in [0.2, 0.25) is 0 Å². The monoisotopic (exact) mass is 453 g/mol. The highest BCUT2D eigenvalue weighted by Gasteiger charge is 2.32. The Balaban J connectivity index is 1.31. The van der Waals surface area contributed by atoms with E-state index in [4.69, 9.17) is 10.5 Å². The summed E-state index contributed by atoms with van der Waals surface area (Å²) in [6.07, 6.45) is -0.0528. The molecule has 2 atom stereocenters. The fourth-order valence-corrected chi connectivity index (χ4v) is 4.50. The SMILES string of the molecule is NCc1cccc(C2CCN(C(=O)c3cccc(OCC(=O)N4C[C@@H](O)[C@@H](O)C4)c3)CC2)c1. The number of aliphatic hydroxyl groups excluding tert-OH is 2. The van der Waals surface area contributed by atoms with E-state index in [2.05, 4.69) is 12.1 Å². The fraction of sp³-hybridized carbons (Fsp3) is 0.440. The van der Waals surface area contributed by atoms with E-state index in [1.54, 1.807) is 24.3 Å². The molecule has 0 saturated carbocycles. The van der Waals surface area contributed by atoms with E-state index in [0.29, 0.717) is 36.9 Å². The molecule has 4 rings (SSSR count). The van der Waals surface area contributed by atoms with Gasteiger partial charge in [-0.1, -0.05) is 30.3 Å². The molecule has 2 aromatic rings. The fourth-order valence-electron chi connectivity index (χ4n) is 4.50. The highest BCUT2D eigenvalue weighted by Crippen LogP contribution is 2.29. The van der Waals surface area contributed by atoms with Gasteiger partial charge in [-0.3, -0.25) is 9.59 Å². The highest BCUT2D eigenvalue weighted by atomic mass is 16.5. The summed E-state index contributed by atoms with van der Waals surface area (Å²) in [6.45, 7) is 1.85. The normalized spacial score (nSPS) is 21.3. The quantitative estimate of drug-likeness (QED) is 0.603. The first-order chi connectivity index (χ1) is 15.9. The van der Waals surface area contributed by atoms with Gasteiger partial charge in [-0.05, 0) is 48.1 Å². The molecule has 0 aromatic heterocycles. The number of piperidine rings is 1. The van der Waals surface area contributed by atoms with Crippen molar-refractivity contribution in [2.24, 2.45) is 5.73 Å². The third-order valence-corrected chi connectivity index (χ3v) is 6.50. The van der Waals surface area contributed by atoms with Crippen molar-refractivity contribution >= 4 is 11.8 Å². The summed E-state index contributed by atoms with van der Waals surface area (Å²) in [5, 5.41) is 19.2. The van der Waals surface area contributed by atoms with E-state index < -0.39 is 12.2 Å². The molecule has 0 aliphatic carbocycles. The highest BCUT2D eigenvalue weighted by molar-refractivity contribution is 5.94. The van der Waals surface area contributed by atoms with Gasteiger partial charge in [-0.25, -0.2) is 0 Å². The number of hydrogen-bond donors (Lipinski definition) is 3. The molecule has 2 amide bonds. The predicted octanol–water partition coefficient (Wildman–Crippen LogP) is 1.11. The van der Waals surface area contributed by atoms with Gasteiger partial charge in [-0.2, -0.15) is 0 Å². The number of nitrogens with zero attached hydrogens (tertiary/aromatic N) is 2. The third-order valence-electron chi connectivity index (χ3n) is 6.50. The summed E-state index contributed by atoms with van der Waals surface area (Å²) in [4.78, 5) is 28.5. The van der Waals surface area contributed by atoms with Crippen LogP contribution in [0, 0.1) is 0 Å². The van der Waals surface area contributed by atoms with Crippen molar-refractivity contribution < 1.29 is 24.5 Å². The van der Waals surface area contributed by atoms with Crippen molar-refractivity contribution in [1.29, 1.82) is 0 Å². The molecule has 8 nitrogen and oxygen atoms in total. The standard InChI is InChI=1S/C25H31N3O5/c26-13-17-3-1-4-19(11-17)18-7-9-27(10-8-18)25(32)20-5-2-6-21(12-20)33-16-24(31)28-14-22(29)23(30)15-28/h1-6,11-12,18,22-23,29-30H,7-10,13-16,26H2/t22-,23+. The van der Waals surface area contributed by atoms with Gasteiger partial charge < -0.3 is 30.5 Å². The molecule has 4 N–H and O–H groups in total. The molecule has 2 aliphatic heterocycles. The Morgan fingerprint density at radius 3 is 2.36 bits per heavy atom. The van der Waals surface area contributed by atoms with Crippen molar-refractivity contribution in [1.82, 2.24) is 9.80 Å². The molecule has 0 bridgehead atoms. The number of aliphatic hydroxyl groups is 2. The molecule has 176 valence electrons. The van der Waals surface area contributed by atoms with Gasteiger partial charge in [0.2, 0.25) is 0 Å². The summed E-state index contributed by atoms with van der Waals surface area (Å²) in [5.74, 6) is 0.488. The first-order valence-electron chi connectivity index (χ1n) is 11.4. The number of β-amino-alcohol motifs (C(OH)–C–C–N with tert-alkyl or cyclic N) is 2. The minimum atomic E-state index is -0.927. The zero-order valence-electron chi connectivity index (χ0n) is 18.6. The molecule has 2 aromatic carbocycles. The molecule has 2 heterocycles. The zero-order valence-corrected chi connectivity index (χ0v) is 18.6. The van der Waals surface area contributed by atoms with Gasteiger partial charge in [0.05, 0.1) is 12.2 Å². The van der Waals surface area contributed by atoms with Gasteiger partial charge in [0, 0.05) is 38.3 Å². The second kappa shape index (κ2) is 10.3. The molecule has 0 unspecified atom stereocenters. The summed E-state index contributed by atoms with van der Waals surface area (Å²) in [7, 11) is 0. The zero-order chi connectivity index (χ0) is 23.4. The number of ether oxygens (including phenoxy) is 1. The Morgan fingerprint density at radius 2 is 1.67 bits per heavy atom. The molecule has 33 heavy (non-hydrogen) atoms. The molecular formula is C25H31N3O5. The topological polar surface area (TPSA) is 116 Å². The van der Waals surface area contributed by atoms with E-state index in [9.17, 15) is 19.8 Å². The third kappa shape index (κ3) is 5.52. The van der Waals surface area contributed by atoms with Gasteiger partial charge in [-0.15, -0.1) is 0 Å². The Labute approximate surface area is 193 Å². The van der Waals surface area contributed by atoms with Gasteiger partial charge in [0.15, 0.2) is 6.61 Å². The average Bonchev–Trinajstić information content (AvgIpc) is 3.20. The minimum Gasteiger partial charge on any atom is -0.484 e. The Hall–Kier alpha value is -2.94. The van der Waals surface area contributed by atoms with Crippen LogP contribution in [-0.2, 0) is 11.3 Å². The molecule has 0 radical (unpaired) electrons. The molecular weight excluding hydrogens is 422 g/mol. The van der Waals surface area contributed by atoms with E-state index >= 15 is 0 Å². The van der Waals surface area contributed by atoms with Crippen LogP contribution in [0.1, 0.15) is 40.2 Å². The predicted molar refractivity (Wildman–Crippen MR) is 123 cm³/mol. The lowest BCUT2D eigenvalue weighted by Gasteiger charge is -2.32. The van der Waals surface area contributed by atoms with Crippen LogP contribution in [0.3, 0.4) is 0 Å². The van der Waals surface area contributed by atoms with Gasteiger partial charge >= 0.3 is 0 Å². The van der Waals surface area contributed by atoms with Crippen LogP contribution in [0.4, 0.5) is 0 Å². The molecule has 2 aliphatic rings. The second-order valence-electron chi connectivity index (χ2n) is 8.77. The number of hydrogen-bond acceptors (Lipinski definition) is 6. The molecule has 2 saturated heterocycles. The number of rotatable bonds is 6. The maximum Gasteiger partial charge on any atom is 0.260 e. The van der Waals surface area contributed by atoms with Crippen LogP contribution in [0.15, 0.2) is 48.5 Å². The van der Waals surface area contributed by atoms with E-state index in [1.807, 2.05) is 17.0 Å². The number of likely N-dealkylation sites (tertiary alicyclic amines) is 2. The van der Waals surface area contributed by atoms with Crippen LogP contribution in [0.5, 0.6) is 5.75 Å². The average molecular weight is 454 g/mol. The lowest BCUT2D eigenvalue weighted by atomic mass is 9.88. The van der Waals surface area contributed by atoms with Crippen LogP contribution >= 0.6 is 0 Å². The summed E-state index contributed by atoms with van der Waals surface area (Å²) in [5.41, 5.74) is 8.69. The number of amides is 2. The van der Waals surface area contributed by atoms with Crippen molar-refractivity contribution in [3.8, 4) is 5.75 Å². The van der Waals surface area contributed by atoms with Crippen molar-refractivity contribution in [3.63, 3.8) is 0 Å². The Kier molecular flexibility index (Phi) is 7.27. The molecule has 8 heteroatoms. The first kappa shape index (κ1) is 23.2. The minimum absolute atomic E-state index is 0.0493. The number of carbonyl (C=O) groups excluding carboxylic acids is 2. The summed E-state index contributed by atoms with van der Waals surface area (Å²) >= 11 is 0. The van der Waals surface area contributed by atoms with Crippen molar-refractivity contribution in [2.75, 3.05) is 32.8 Å². The maximum absolute atomic E-state index is 13.0. The lowest BCUT2D eigenvalue weighted by Crippen LogP contribution is -2.38. The first-order valence-corrected chi connectivity index (χ1v) is 11.4. The number of nitrogens with two attached hydrogens (primary N) is 1. The van der Waals surface area contributed by atoms with Crippen LogP contribution < -0.4 is 10.5 Å². The Bertz CT molecular complexity index is 980. The second-order valence-corrected chi connectivity index (χ2v) is 8.77. The number of carbonyl (C=O) groups is 2. The van der Waals surface area contributed by atoms with Crippen molar-refractivity contribution in [3.05, 3.63) is 65.2 Å². The molecule has 0 spiro atoms. The van der Waals surface area contributed by atoms with Crippen LogP contribution in [0.25, 0.3) is 0 Å². The summed E-state index contributed by atoms with van der Waals surface area (Å²) < 4.78 is 5.59. The lowest BCUT2D eigenvalue weighted by molar-refractivity contribution is -0.132. The van der Waals surface area contributed by atoms with Crippen LogP contribution in [-0.4, -0.2) is 76.8 Å².